The van der Waals surface area contributed by atoms with Crippen LogP contribution in [0.1, 0.15) is 78.6 Å². The van der Waals surface area contributed by atoms with E-state index in [2.05, 4.69) is 20.8 Å². The van der Waals surface area contributed by atoms with E-state index in [-0.39, 0.29) is 0 Å². The highest BCUT2D eigenvalue weighted by Crippen LogP contribution is 2.27. The third kappa shape index (κ3) is 10.2. The van der Waals surface area contributed by atoms with Crippen molar-refractivity contribution >= 4 is 0 Å². The molecule has 0 bridgehead atoms. The summed E-state index contributed by atoms with van der Waals surface area (Å²) in [5.41, 5.74) is 6.07. The van der Waals surface area contributed by atoms with Crippen LogP contribution in [0.25, 0.3) is 0 Å². The fourth-order valence-corrected chi connectivity index (χ4v) is 2.08. The Labute approximate surface area is 96.8 Å². The molecule has 0 saturated carbocycles. The highest BCUT2D eigenvalue weighted by atomic mass is 14.5. The van der Waals surface area contributed by atoms with Gasteiger partial charge in [-0.1, -0.05) is 65.7 Å². The van der Waals surface area contributed by atoms with Gasteiger partial charge in [-0.15, -0.1) is 0 Å². The van der Waals surface area contributed by atoms with E-state index in [4.69, 9.17) is 5.73 Å². The zero-order chi connectivity index (χ0) is 11.6. The number of rotatable bonds is 10. The molecule has 0 spiro atoms. The average Bonchev–Trinajstić information content (AvgIpc) is 2.16. The van der Waals surface area contributed by atoms with Gasteiger partial charge >= 0.3 is 0 Å². The molecule has 15 heavy (non-hydrogen) atoms. The van der Waals surface area contributed by atoms with Gasteiger partial charge in [0.25, 0.3) is 0 Å². The van der Waals surface area contributed by atoms with Gasteiger partial charge in [-0.25, -0.2) is 0 Å². The Morgan fingerprint density at radius 1 is 0.800 bits per heavy atom. The lowest BCUT2D eigenvalue weighted by atomic mass is 9.83. The third-order valence-electron chi connectivity index (χ3n) is 3.28. The van der Waals surface area contributed by atoms with E-state index in [0.29, 0.717) is 5.41 Å². The largest absolute Gasteiger partial charge is 0.330 e. The minimum Gasteiger partial charge on any atom is -0.330 e. The van der Waals surface area contributed by atoms with E-state index in [1.54, 1.807) is 0 Å². The summed E-state index contributed by atoms with van der Waals surface area (Å²) >= 11 is 0. The second-order valence-electron chi connectivity index (χ2n) is 5.57. The number of nitrogens with two attached hydrogens (primary N) is 1. The Hall–Kier alpha value is -0.0400. The molecular weight excluding hydrogens is 182 g/mol. The molecule has 0 saturated heterocycles. The van der Waals surface area contributed by atoms with Crippen molar-refractivity contribution in [3.05, 3.63) is 0 Å². The van der Waals surface area contributed by atoms with Gasteiger partial charge in [0.2, 0.25) is 0 Å². The molecule has 0 aromatic heterocycles. The fourth-order valence-electron chi connectivity index (χ4n) is 2.08. The topological polar surface area (TPSA) is 26.0 Å². The number of hydrogen-bond acceptors (Lipinski definition) is 1. The molecule has 0 fully saturated rings. The summed E-state index contributed by atoms with van der Waals surface area (Å²) in [6, 6.07) is 0. The molecule has 0 aliphatic carbocycles. The van der Waals surface area contributed by atoms with Gasteiger partial charge < -0.3 is 5.73 Å². The van der Waals surface area contributed by atoms with Gasteiger partial charge in [-0.3, -0.25) is 0 Å². The maximum atomic E-state index is 5.60. The quantitative estimate of drug-likeness (QED) is 0.531. The first-order valence-electron chi connectivity index (χ1n) is 6.82. The maximum Gasteiger partial charge on any atom is -0.00722 e. The molecule has 1 nitrogen and oxygen atoms in total. The second-order valence-corrected chi connectivity index (χ2v) is 5.57. The molecule has 0 amide bonds. The van der Waals surface area contributed by atoms with Crippen LogP contribution in [0.15, 0.2) is 0 Å². The summed E-state index contributed by atoms with van der Waals surface area (Å²) in [6.45, 7) is 7.80. The monoisotopic (exact) mass is 213 g/mol. The summed E-state index contributed by atoms with van der Waals surface area (Å²) in [7, 11) is 0. The summed E-state index contributed by atoms with van der Waals surface area (Å²) in [5.74, 6) is 0. The average molecular weight is 213 g/mol. The third-order valence-corrected chi connectivity index (χ3v) is 3.28. The van der Waals surface area contributed by atoms with E-state index in [1.807, 2.05) is 0 Å². The van der Waals surface area contributed by atoms with Crippen LogP contribution < -0.4 is 5.73 Å². The van der Waals surface area contributed by atoms with Crippen LogP contribution >= 0.6 is 0 Å². The molecule has 0 aliphatic rings. The van der Waals surface area contributed by atoms with Crippen molar-refractivity contribution in [1.29, 1.82) is 0 Å². The molecule has 92 valence electrons. The normalized spacial score (nSPS) is 12.0. The summed E-state index contributed by atoms with van der Waals surface area (Å²) < 4.78 is 0. The van der Waals surface area contributed by atoms with Gasteiger partial charge in [0.15, 0.2) is 0 Å². The van der Waals surface area contributed by atoms with Gasteiger partial charge in [0, 0.05) is 0 Å². The van der Waals surface area contributed by atoms with Crippen molar-refractivity contribution in [2.45, 2.75) is 78.6 Å². The predicted octanol–water partition coefficient (Wildman–Crippen LogP) is 4.50. The van der Waals surface area contributed by atoms with Crippen LogP contribution in [0, 0.1) is 5.41 Å². The van der Waals surface area contributed by atoms with Crippen LogP contribution in [0.3, 0.4) is 0 Å². The standard InChI is InChI=1S/C14H31N/c1-4-5-6-7-8-9-10-11-14(2,3)12-13-15/h4-13,15H2,1-3H3. The van der Waals surface area contributed by atoms with E-state index in [9.17, 15) is 0 Å². The minimum atomic E-state index is 0.470. The second kappa shape index (κ2) is 9.21. The lowest BCUT2D eigenvalue weighted by Crippen LogP contribution is -2.16. The van der Waals surface area contributed by atoms with Crippen LogP contribution in [-0.4, -0.2) is 6.54 Å². The SMILES string of the molecule is CCCCCCCCCC(C)(C)CCN. The van der Waals surface area contributed by atoms with Crippen LogP contribution in [-0.2, 0) is 0 Å². The maximum absolute atomic E-state index is 5.60. The first-order chi connectivity index (χ1) is 7.12. The molecule has 2 N–H and O–H groups in total. The van der Waals surface area contributed by atoms with Crippen molar-refractivity contribution in [2.24, 2.45) is 11.1 Å². The highest BCUT2D eigenvalue weighted by Gasteiger charge is 2.15. The van der Waals surface area contributed by atoms with E-state index in [0.717, 1.165) is 6.54 Å². The Morgan fingerprint density at radius 2 is 1.33 bits per heavy atom. The Kier molecular flexibility index (Phi) is 9.18. The number of hydrogen-bond donors (Lipinski definition) is 1. The van der Waals surface area contributed by atoms with Gasteiger partial charge in [0.1, 0.15) is 0 Å². The van der Waals surface area contributed by atoms with Crippen molar-refractivity contribution in [2.75, 3.05) is 6.54 Å². The molecule has 0 atom stereocenters. The van der Waals surface area contributed by atoms with Gasteiger partial charge in [0.05, 0.1) is 0 Å². The fraction of sp³-hybridized carbons (Fsp3) is 1.00. The molecule has 0 aliphatic heterocycles. The molecule has 0 unspecified atom stereocenters. The van der Waals surface area contributed by atoms with E-state index >= 15 is 0 Å². The molecule has 0 radical (unpaired) electrons. The van der Waals surface area contributed by atoms with Gasteiger partial charge in [-0.2, -0.15) is 0 Å². The van der Waals surface area contributed by atoms with Crippen LogP contribution in [0.5, 0.6) is 0 Å². The van der Waals surface area contributed by atoms with Crippen molar-refractivity contribution in [3.8, 4) is 0 Å². The lowest BCUT2D eigenvalue weighted by Gasteiger charge is -2.23. The van der Waals surface area contributed by atoms with Crippen molar-refractivity contribution < 1.29 is 0 Å². The lowest BCUT2D eigenvalue weighted by molar-refractivity contribution is 0.299. The van der Waals surface area contributed by atoms with Crippen LogP contribution in [0.4, 0.5) is 0 Å². The smallest absolute Gasteiger partial charge is 0.00722 e. The molecule has 0 heterocycles. The molecular formula is C14H31N. The first kappa shape index (κ1) is 15.0. The van der Waals surface area contributed by atoms with Gasteiger partial charge in [-0.05, 0) is 24.8 Å². The van der Waals surface area contributed by atoms with Crippen LogP contribution in [0.2, 0.25) is 0 Å². The Balaban J connectivity index is 3.22. The van der Waals surface area contributed by atoms with E-state index < -0.39 is 0 Å². The summed E-state index contributed by atoms with van der Waals surface area (Å²) in [4.78, 5) is 0. The van der Waals surface area contributed by atoms with Crippen molar-refractivity contribution in [1.82, 2.24) is 0 Å². The zero-order valence-electron chi connectivity index (χ0n) is 11.1. The summed E-state index contributed by atoms with van der Waals surface area (Å²) in [5, 5.41) is 0. The highest BCUT2D eigenvalue weighted by molar-refractivity contribution is 4.68. The molecule has 0 rings (SSSR count). The molecule has 0 aromatic carbocycles. The minimum absolute atomic E-state index is 0.470. The Morgan fingerprint density at radius 3 is 1.87 bits per heavy atom. The van der Waals surface area contributed by atoms with E-state index in [1.165, 1.54) is 57.8 Å². The zero-order valence-corrected chi connectivity index (χ0v) is 11.1. The van der Waals surface area contributed by atoms with Crippen molar-refractivity contribution in [3.63, 3.8) is 0 Å². The number of unbranched alkanes of at least 4 members (excludes halogenated alkanes) is 6. The predicted molar refractivity (Wildman–Crippen MR) is 70.1 cm³/mol. The Bertz CT molecular complexity index is 129. The molecule has 1 heteroatoms. The first-order valence-corrected chi connectivity index (χ1v) is 6.82. The summed E-state index contributed by atoms with van der Waals surface area (Å²) in [6.07, 6.45) is 12.4. The molecule has 0 aromatic rings.